The molecule has 11 nitrogen and oxygen atoms in total. The van der Waals surface area contributed by atoms with Crippen molar-refractivity contribution in [3.63, 3.8) is 0 Å². The summed E-state index contributed by atoms with van der Waals surface area (Å²) in [5, 5.41) is 8.95. The highest BCUT2D eigenvalue weighted by molar-refractivity contribution is 7.47. The normalized spacial score (nSPS) is 13.7. The molecule has 3 unspecified atom stereocenters. The van der Waals surface area contributed by atoms with E-state index in [0.717, 1.165) is 44.9 Å². The maximum Gasteiger partial charge on any atom is 0.472 e. The number of carboxylic acid groups (broad SMARTS) is 1. The molecule has 0 spiro atoms. The molecule has 4 N–H and O–H groups in total. The zero-order chi connectivity index (χ0) is 51.3. The van der Waals surface area contributed by atoms with Crippen LogP contribution in [0.15, 0.2) is 36.5 Å². The predicted molar refractivity (Wildman–Crippen MR) is 291 cm³/mol. The van der Waals surface area contributed by atoms with E-state index in [1.54, 1.807) is 0 Å². The molecule has 0 aromatic heterocycles. The summed E-state index contributed by atoms with van der Waals surface area (Å²) in [6.07, 6.45) is 62.1. The lowest BCUT2D eigenvalue weighted by molar-refractivity contribution is -0.161. The fraction of sp³-hybridized carbons (Fsp3) is 0.845. The van der Waals surface area contributed by atoms with Gasteiger partial charge in [0.15, 0.2) is 6.10 Å². The summed E-state index contributed by atoms with van der Waals surface area (Å²) in [5.74, 6) is -2.37. The maximum atomic E-state index is 12.7. The smallest absolute Gasteiger partial charge is 0.472 e. The van der Waals surface area contributed by atoms with Crippen LogP contribution in [-0.4, -0.2) is 59.9 Å². The third kappa shape index (κ3) is 52.0. The van der Waals surface area contributed by atoms with Gasteiger partial charge in [-0.15, -0.1) is 0 Å². The van der Waals surface area contributed by atoms with Crippen molar-refractivity contribution < 1.29 is 47.5 Å². The van der Waals surface area contributed by atoms with Crippen molar-refractivity contribution in [2.45, 2.75) is 296 Å². The second-order valence-electron chi connectivity index (χ2n) is 19.8. The molecule has 0 radical (unpaired) electrons. The maximum absolute atomic E-state index is 12.7. The van der Waals surface area contributed by atoms with Crippen molar-refractivity contribution in [1.82, 2.24) is 0 Å². The number of allylic oxidation sites excluding steroid dienone is 6. The first-order chi connectivity index (χ1) is 34.1. The summed E-state index contributed by atoms with van der Waals surface area (Å²) in [4.78, 5) is 46.3. The molecule has 3 atom stereocenters. The molecule has 0 aliphatic heterocycles. The molecule has 0 amide bonds. The number of hydrogen-bond acceptors (Lipinski definition) is 9. The number of rotatable bonds is 55. The van der Waals surface area contributed by atoms with Crippen molar-refractivity contribution in [3.05, 3.63) is 36.5 Å². The quantitative estimate of drug-likeness (QED) is 0.0229. The molecular weight excluding hydrogens is 902 g/mol. The van der Waals surface area contributed by atoms with Gasteiger partial charge in [0.1, 0.15) is 12.6 Å². The summed E-state index contributed by atoms with van der Waals surface area (Å²) in [5.41, 5.74) is 5.37. The predicted octanol–water partition coefficient (Wildman–Crippen LogP) is 17.1. The molecule has 70 heavy (non-hydrogen) atoms. The van der Waals surface area contributed by atoms with Crippen LogP contribution in [0.5, 0.6) is 0 Å². The first kappa shape index (κ1) is 67.7. The summed E-state index contributed by atoms with van der Waals surface area (Å²) >= 11 is 0. The van der Waals surface area contributed by atoms with Crippen molar-refractivity contribution in [2.24, 2.45) is 5.73 Å². The van der Waals surface area contributed by atoms with Gasteiger partial charge in [0.2, 0.25) is 0 Å². The van der Waals surface area contributed by atoms with Crippen LogP contribution < -0.4 is 5.73 Å². The summed E-state index contributed by atoms with van der Waals surface area (Å²) in [7, 11) is -4.73. The van der Waals surface area contributed by atoms with Crippen LogP contribution in [0.25, 0.3) is 0 Å². The Hall–Kier alpha value is -2.30. The zero-order valence-corrected chi connectivity index (χ0v) is 46.0. The summed E-state index contributed by atoms with van der Waals surface area (Å²) < 4.78 is 33.0. The van der Waals surface area contributed by atoms with E-state index >= 15 is 0 Å². The number of carbonyl (C=O) groups is 3. The minimum absolute atomic E-state index is 0.160. The van der Waals surface area contributed by atoms with Crippen LogP contribution in [-0.2, 0) is 37.5 Å². The molecule has 0 aliphatic rings. The highest BCUT2D eigenvalue weighted by atomic mass is 31.2. The van der Waals surface area contributed by atoms with Gasteiger partial charge in [0, 0.05) is 12.8 Å². The number of carbonyl (C=O) groups excluding carboxylic acids is 2. The fourth-order valence-electron chi connectivity index (χ4n) is 8.33. The van der Waals surface area contributed by atoms with Crippen LogP contribution in [0.4, 0.5) is 0 Å². The number of esters is 2. The van der Waals surface area contributed by atoms with Gasteiger partial charge in [-0.1, -0.05) is 237 Å². The van der Waals surface area contributed by atoms with Crippen LogP contribution >= 0.6 is 7.82 Å². The van der Waals surface area contributed by atoms with Gasteiger partial charge >= 0.3 is 25.7 Å². The monoisotopic (exact) mass is 1010 g/mol. The molecule has 410 valence electrons. The number of unbranched alkanes of at least 4 members (excludes halogenated alkanes) is 35. The number of phosphoric acid groups is 1. The minimum Gasteiger partial charge on any atom is -0.480 e. The number of hydrogen-bond donors (Lipinski definition) is 3. The lowest BCUT2D eigenvalue weighted by Crippen LogP contribution is -2.34. The van der Waals surface area contributed by atoms with Gasteiger partial charge in [0.05, 0.1) is 13.2 Å². The van der Waals surface area contributed by atoms with Gasteiger partial charge < -0.3 is 25.2 Å². The van der Waals surface area contributed by atoms with Gasteiger partial charge in [-0.2, -0.15) is 0 Å². The van der Waals surface area contributed by atoms with Crippen LogP contribution in [0.3, 0.4) is 0 Å². The highest BCUT2D eigenvalue weighted by Gasteiger charge is 2.28. The fourth-order valence-corrected chi connectivity index (χ4v) is 9.11. The average molecular weight is 1010 g/mol. The van der Waals surface area contributed by atoms with E-state index in [1.807, 2.05) is 0 Å². The van der Waals surface area contributed by atoms with Gasteiger partial charge in [-0.05, 0) is 70.6 Å². The average Bonchev–Trinajstić information content (AvgIpc) is 3.34. The van der Waals surface area contributed by atoms with Gasteiger partial charge in [-0.3, -0.25) is 23.4 Å². The van der Waals surface area contributed by atoms with Crippen molar-refractivity contribution >= 4 is 25.7 Å². The Morgan fingerprint density at radius 2 is 0.757 bits per heavy atom. The molecule has 0 aromatic carbocycles. The molecule has 0 bridgehead atoms. The second kappa shape index (κ2) is 53.0. The number of aliphatic carboxylic acids is 1. The molecule has 0 heterocycles. The first-order valence-corrected chi connectivity index (χ1v) is 30.5. The van der Waals surface area contributed by atoms with E-state index in [0.29, 0.717) is 12.8 Å². The molecule has 0 saturated carbocycles. The van der Waals surface area contributed by atoms with Crippen LogP contribution in [0.1, 0.15) is 284 Å². The van der Waals surface area contributed by atoms with Gasteiger partial charge in [0.25, 0.3) is 0 Å². The van der Waals surface area contributed by atoms with E-state index in [9.17, 15) is 23.8 Å². The zero-order valence-electron chi connectivity index (χ0n) is 45.1. The third-order valence-corrected chi connectivity index (χ3v) is 13.8. The second-order valence-corrected chi connectivity index (χ2v) is 21.2. The summed E-state index contributed by atoms with van der Waals surface area (Å²) in [6.45, 7) is 2.85. The Labute approximate surface area is 429 Å². The Morgan fingerprint density at radius 1 is 0.443 bits per heavy atom. The number of nitrogens with two attached hydrogens (primary N) is 1. The van der Waals surface area contributed by atoms with E-state index in [4.69, 9.17) is 29.4 Å². The molecule has 0 saturated heterocycles. The van der Waals surface area contributed by atoms with E-state index in [-0.39, 0.29) is 19.4 Å². The largest absolute Gasteiger partial charge is 0.480 e. The Morgan fingerprint density at radius 3 is 1.13 bits per heavy atom. The standard InChI is InChI=1S/C58H108NO10P/c1-3-5-7-9-11-13-15-17-19-21-23-25-27-29-31-33-35-37-39-41-43-45-47-49-56(60)66-51-54(52-67-70(64,65)68-53-55(59)58(62)63)69-57(61)50-48-46-44-42-40-38-36-34-32-30-28-26-24-22-20-18-16-14-12-10-8-6-4-2/h16,18,21-24,54-55H,3-15,17,19-20,25-53,59H2,1-2H3,(H,62,63)(H,64,65)/b18-16-,23-21-,24-22-. The Bertz CT molecular complexity index is 1320. The van der Waals surface area contributed by atoms with E-state index < -0.39 is 51.1 Å². The molecule has 12 heteroatoms. The molecular formula is C58H108NO10P. The lowest BCUT2D eigenvalue weighted by atomic mass is 10.0. The highest BCUT2D eigenvalue weighted by Crippen LogP contribution is 2.43. The molecule has 0 rings (SSSR count). The summed E-state index contributed by atoms with van der Waals surface area (Å²) in [6, 6.07) is -1.52. The van der Waals surface area contributed by atoms with E-state index in [2.05, 4.69) is 50.3 Å². The molecule has 0 aromatic rings. The van der Waals surface area contributed by atoms with Crippen LogP contribution in [0.2, 0.25) is 0 Å². The van der Waals surface area contributed by atoms with Crippen LogP contribution in [0, 0.1) is 0 Å². The lowest BCUT2D eigenvalue weighted by Gasteiger charge is -2.20. The minimum atomic E-state index is -4.73. The Balaban J connectivity index is 4.15. The molecule has 0 fully saturated rings. The Kier molecular flexibility index (Phi) is 51.3. The number of ether oxygens (including phenoxy) is 2. The number of carboxylic acids is 1. The topological polar surface area (TPSA) is 172 Å². The first-order valence-electron chi connectivity index (χ1n) is 29.0. The molecule has 0 aliphatic carbocycles. The van der Waals surface area contributed by atoms with Crippen molar-refractivity contribution in [3.8, 4) is 0 Å². The number of phosphoric ester groups is 1. The SMILES string of the molecule is CCCCCCC/C=C\C/C=C\CCCCCCCCCCCCCC(=O)OC(COC(=O)CCCCCCCCCCCCC/C=C\CCCCCCCCCC)COP(=O)(O)OCC(N)C(=O)O. The van der Waals surface area contributed by atoms with Gasteiger partial charge in [-0.25, -0.2) is 4.57 Å². The van der Waals surface area contributed by atoms with E-state index in [1.165, 1.54) is 199 Å². The van der Waals surface area contributed by atoms with Crippen molar-refractivity contribution in [2.75, 3.05) is 19.8 Å². The third-order valence-electron chi connectivity index (χ3n) is 12.9. The van der Waals surface area contributed by atoms with Crippen molar-refractivity contribution in [1.29, 1.82) is 0 Å².